The first-order chi connectivity index (χ1) is 48.7. The minimum Gasteiger partial charge on any atom is -0.462 e. The van der Waals surface area contributed by atoms with Gasteiger partial charge in [-0.1, -0.05) is 262 Å². The molecular weight excluding hydrogens is 1310 g/mol. The highest BCUT2D eigenvalue weighted by Crippen LogP contribution is 2.45. The van der Waals surface area contributed by atoms with Crippen LogP contribution in [-0.4, -0.2) is 96.7 Å². The van der Waals surface area contributed by atoms with Gasteiger partial charge in [-0.25, -0.2) is 9.13 Å². The molecule has 17 nitrogen and oxygen atoms in total. The van der Waals surface area contributed by atoms with E-state index in [-0.39, 0.29) is 25.7 Å². The van der Waals surface area contributed by atoms with Crippen molar-refractivity contribution in [1.82, 2.24) is 0 Å². The summed E-state index contributed by atoms with van der Waals surface area (Å²) in [6, 6.07) is 0. The Labute approximate surface area is 603 Å². The van der Waals surface area contributed by atoms with E-state index in [0.717, 1.165) is 161 Å². The van der Waals surface area contributed by atoms with Crippen molar-refractivity contribution < 1.29 is 80.2 Å². The van der Waals surface area contributed by atoms with Gasteiger partial charge in [0.2, 0.25) is 0 Å². The molecule has 3 N–H and O–H groups in total. The summed E-state index contributed by atoms with van der Waals surface area (Å²) in [6.07, 6.45) is 84.0. The molecule has 0 rings (SSSR count). The van der Waals surface area contributed by atoms with Crippen molar-refractivity contribution >= 4 is 39.5 Å². The first kappa shape index (κ1) is 94.4. The molecule has 0 heterocycles. The van der Waals surface area contributed by atoms with Crippen LogP contribution in [0.5, 0.6) is 0 Å². The van der Waals surface area contributed by atoms with Crippen LogP contribution in [0.25, 0.3) is 0 Å². The molecule has 0 aromatic carbocycles. The molecular formula is C81H130O17P2. The van der Waals surface area contributed by atoms with E-state index in [1.807, 2.05) is 24.3 Å². The van der Waals surface area contributed by atoms with Crippen molar-refractivity contribution in [2.45, 2.75) is 277 Å². The number of ether oxygens (including phenoxy) is 4. The monoisotopic (exact) mass is 1440 g/mol. The lowest BCUT2D eigenvalue weighted by atomic mass is 10.1. The standard InChI is InChI=1S/C81H130O17P2/c1-5-9-13-17-21-25-29-32-35-37-40-42-46-49-53-57-61-65-78(83)91-71-76(97-80(85)67-63-59-55-51-45-28-24-20-16-12-8-4)73-95-99(87,88)93-69-75(82)70-94-100(89,90)96-74-77(98-81(86)68-64-60-56-52-48-44-39-34-31-27-23-19-15-11-7-3)72-92-79(84)66-62-58-54-50-47-43-41-38-36-33-30-26-22-18-14-10-6-2/h9-11,13-15,20-27,32-36,39,41,43,48,50,52,54,60,64,75-77,82H,5-8,12,16-19,28-31,37-38,40,42,44-47,49,51,53,55-59,61-63,65-74H2,1-4H3,(H,87,88)(H,89,90)/b13-9-,14-10-,15-11-,24-20-,25-21-,26-22-,27-23-,35-32-,36-33-,39-34-,43-41-,52-48-,54-50-,64-60-. The number of hydrogen-bond donors (Lipinski definition) is 3. The van der Waals surface area contributed by atoms with E-state index in [1.165, 1.54) is 12.8 Å². The second kappa shape index (κ2) is 71.8. The molecule has 5 unspecified atom stereocenters. The third kappa shape index (κ3) is 70.8. The van der Waals surface area contributed by atoms with Gasteiger partial charge < -0.3 is 33.8 Å². The first-order valence-electron chi connectivity index (χ1n) is 37.4. The molecule has 0 saturated heterocycles. The first-order valence-corrected chi connectivity index (χ1v) is 40.4. The predicted octanol–water partition coefficient (Wildman–Crippen LogP) is 21.4. The predicted molar refractivity (Wildman–Crippen MR) is 408 cm³/mol. The van der Waals surface area contributed by atoms with Crippen molar-refractivity contribution in [3.8, 4) is 0 Å². The lowest BCUT2D eigenvalue weighted by Gasteiger charge is -2.21. The summed E-state index contributed by atoms with van der Waals surface area (Å²) in [7, 11) is -10.0. The van der Waals surface area contributed by atoms with E-state index >= 15 is 0 Å². The zero-order valence-corrected chi connectivity index (χ0v) is 63.3. The minimum absolute atomic E-state index is 0.0573. The Morgan fingerprint density at radius 1 is 0.300 bits per heavy atom. The molecule has 0 radical (unpaired) electrons. The maximum absolute atomic E-state index is 13.1. The average molecular weight is 1440 g/mol. The fourth-order valence-corrected chi connectivity index (χ4v) is 10.7. The molecule has 0 saturated carbocycles. The van der Waals surface area contributed by atoms with Gasteiger partial charge in [-0.15, -0.1) is 0 Å². The molecule has 0 bridgehead atoms. The van der Waals surface area contributed by atoms with Gasteiger partial charge in [-0.3, -0.25) is 37.3 Å². The molecule has 0 fully saturated rings. The van der Waals surface area contributed by atoms with Crippen molar-refractivity contribution in [2.24, 2.45) is 0 Å². The number of carbonyl (C=O) groups excluding carboxylic acids is 4. The zero-order valence-electron chi connectivity index (χ0n) is 61.5. The van der Waals surface area contributed by atoms with Crippen LogP contribution in [0, 0.1) is 0 Å². The normalized spacial score (nSPS) is 14.9. The number of unbranched alkanes of at least 4 members (excludes halogenated alkanes) is 15. The Balaban J connectivity index is 5.46. The van der Waals surface area contributed by atoms with E-state index in [4.69, 9.17) is 37.0 Å². The van der Waals surface area contributed by atoms with Gasteiger partial charge in [0.25, 0.3) is 0 Å². The van der Waals surface area contributed by atoms with Gasteiger partial charge in [-0.05, 0) is 141 Å². The van der Waals surface area contributed by atoms with Crippen LogP contribution < -0.4 is 0 Å². The van der Waals surface area contributed by atoms with E-state index in [0.29, 0.717) is 32.1 Å². The number of carbonyl (C=O) groups is 4. The Morgan fingerprint density at radius 2 is 0.570 bits per heavy atom. The number of allylic oxidation sites excluding steroid dienone is 27. The molecule has 19 heteroatoms. The Kier molecular flexibility index (Phi) is 67.8. The molecule has 566 valence electrons. The Hall–Kier alpha value is -5.58. The van der Waals surface area contributed by atoms with Crippen molar-refractivity contribution in [3.63, 3.8) is 0 Å². The molecule has 100 heavy (non-hydrogen) atoms. The van der Waals surface area contributed by atoms with Crippen LogP contribution in [0.2, 0.25) is 0 Å². The number of aliphatic hydroxyl groups excluding tert-OH is 1. The minimum atomic E-state index is -5.02. The number of aliphatic hydroxyl groups is 1. The molecule has 0 aliphatic heterocycles. The fraction of sp³-hybridized carbons (Fsp3) is 0.605. The largest absolute Gasteiger partial charge is 0.472 e. The Bertz CT molecular complexity index is 2570. The lowest BCUT2D eigenvalue weighted by molar-refractivity contribution is -0.161. The van der Waals surface area contributed by atoms with Gasteiger partial charge in [0, 0.05) is 19.3 Å². The summed E-state index contributed by atoms with van der Waals surface area (Å²) in [4.78, 5) is 72.7. The molecule has 0 aliphatic rings. The third-order valence-electron chi connectivity index (χ3n) is 14.7. The summed E-state index contributed by atoms with van der Waals surface area (Å²) in [5.41, 5.74) is 0. The van der Waals surface area contributed by atoms with Gasteiger partial charge in [0.1, 0.15) is 19.3 Å². The third-order valence-corrected chi connectivity index (χ3v) is 16.6. The van der Waals surface area contributed by atoms with E-state index in [9.17, 15) is 43.2 Å². The number of rotatable bonds is 68. The van der Waals surface area contributed by atoms with Crippen molar-refractivity contribution in [2.75, 3.05) is 39.6 Å². The number of phosphoric acid groups is 2. The van der Waals surface area contributed by atoms with E-state index in [2.05, 4.69) is 161 Å². The van der Waals surface area contributed by atoms with Crippen LogP contribution in [0.15, 0.2) is 170 Å². The highest BCUT2D eigenvalue weighted by atomic mass is 31.2. The summed E-state index contributed by atoms with van der Waals surface area (Å²) in [5.74, 6) is -2.43. The lowest BCUT2D eigenvalue weighted by Crippen LogP contribution is -2.30. The number of hydrogen-bond acceptors (Lipinski definition) is 15. The van der Waals surface area contributed by atoms with Crippen LogP contribution in [0.4, 0.5) is 0 Å². The summed E-state index contributed by atoms with van der Waals surface area (Å²) >= 11 is 0. The van der Waals surface area contributed by atoms with Crippen LogP contribution in [-0.2, 0) is 65.4 Å². The van der Waals surface area contributed by atoms with Crippen molar-refractivity contribution in [1.29, 1.82) is 0 Å². The number of esters is 4. The fourth-order valence-electron chi connectivity index (χ4n) is 9.09. The molecule has 0 spiro atoms. The zero-order chi connectivity index (χ0) is 73.2. The molecule has 0 aromatic heterocycles. The average Bonchev–Trinajstić information content (AvgIpc) is 1.02. The molecule has 0 aromatic rings. The summed E-state index contributed by atoms with van der Waals surface area (Å²) < 4.78 is 68.2. The van der Waals surface area contributed by atoms with Gasteiger partial charge in [0.15, 0.2) is 12.2 Å². The SMILES string of the molecule is CC/C=C\C/C=C\C/C=C\C/C=C\C/C=C\CCCC(=O)OCC(COP(=O)(O)OCC(O)COP(=O)(O)OCC(COC(=O)CCCCCCCCC/C=C\C/C=C\C/C=C\CC)OC(=O)CCCCCCC/C=C\CCCC)OC(=O)C/C=C\C/C=C\C/C=C\C/C=C\C/C=C\CC. The van der Waals surface area contributed by atoms with E-state index in [1.54, 1.807) is 12.2 Å². The number of phosphoric ester groups is 2. The molecule has 5 atom stereocenters. The van der Waals surface area contributed by atoms with Crippen molar-refractivity contribution in [3.05, 3.63) is 170 Å². The summed E-state index contributed by atoms with van der Waals surface area (Å²) in [6.45, 7) is 4.25. The topological polar surface area (TPSA) is 237 Å². The van der Waals surface area contributed by atoms with Crippen LogP contribution in [0.3, 0.4) is 0 Å². The maximum atomic E-state index is 13.1. The molecule has 0 aliphatic carbocycles. The highest BCUT2D eigenvalue weighted by Gasteiger charge is 2.30. The molecule has 0 amide bonds. The smallest absolute Gasteiger partial charge is 0.462 e. The maximum Gasteiger partial charge on any atom is 0.472 e. The Morgan fingerprint density at radius 3 is 0.940 bits per heavy atom. The van der Waals surface area contributed by atoms with Crippen LogP contribution >= 0.6 is 15.6 Å². The van der Waals surface area contributed by atoms with Crippen LogP contribution in [0.1, 0.15) is 259 Å². The van der Waals surface area contributed by atoms with Gasteiger partial charge >= 0.3 is 39.5 Å². The quantitative estimate of drug-likeness (QED) is 0.0169. The second-order valence-electron chi connectivity index (χ2n) is 24.1. The van der Waals surface area contributed by atoms with E-state index < -0.39 is 97.5 Å². The van der Waals surface area contributed by atoms with Gasteiger partial charge in [0.05, 0.1) is 32.8 Å². The second-order valence-corrected chi connectivity index (χ2v) is 27.0. The van der Waals surface area contributed by atoms with Gasteiger partial charge in [-0.2, -0.15) is 0 Å². The summed E-state index contributed by atoms with van der Waals surface area (Å²) in [5, 5.41) is 10.6. The highest BCUT2D eigenvalue weighted by molar-refractivity contribution is 7.47.